The van der Waals surface area contributed by atoms with E-state index in [4.69, 9.17) is 0 Å². The molecule has 1 aliphatic carbocycles. The Morgan fingerprint density at radius 1 is 1.07 bits per heavy atom. The van der Waals surface area contributed by atoms with E-state index in [-0.39, 0.29) is 5.56 Å². The van der Waals surface area contributed by atoms with Crippen LogP contribution in [0, 0.1) is 0 Å². The highest BCUT2D eigenvalue weighted by atomic mass is 79.9. The van der Waals surface area contributed by atoms with Crippen molar-refractivity contribution in [3.8, 4) is 5.69 Å². The summed E-state index contributed by atoms with van der Waals surface area (Å²) in [5.74, 6) is 1.55. The van der Waals surface area contributed by atoms with Gasteiger partial charge >= 0.3 is 0 Å². The Morgan fingerprint density at radius 3 is 2.70 bits per heavy atom. The lowest BCUT2D eigenvalue weighted by Crippen LogP contribution is -2.21. The van der Waals surface area contributed by atoms with Gasteiger partial charge in [0.1, 0.15) is 11.3 Å². The number of hydrogen-bond acceptors (Lipinski definition) is 6. The van der Waals surface area contributed by atoms with Gasteiger partial charge in [-0.05, 0) is 59.5 Å². The molecular formula is C21H20BrN7O. The second-order valence-corrected chi connectivity index (χ2v) is 8.24. The van der Waals surface area contributed by atoms with Crippen LogP contribution >= 0.6 is 15.9 Å². The lowest BCUT2D eigenvalue weighted by Gasteiger charge is -2.15. The molecule has 0 spiro atoms. The molecule has 3 N–H and O–H groups in total. The summed E-state index contributed by atoms with van der Waals surface area (Å²) in [6, 6.07) is 11.5. The lowest BCUT2D eigenvalue weighted by molar-refractivity contribution is 0.718. The SMILES string of the molecule is O=c1ccccn1-c1ccc(N[C@H]2CC[C@H](Nc3nc4nccc(Br)c4[nH]3)C2)nc1. The first-order valence-corrected chi connectivity index (χ1v) is 10.6. The molecule has 4 aromatic rings. The van der Waals surface area contributed by atoms with Crippen LogP contribution in [0.3, 0.4) is 0 Å². The van der Waals surface area contributed by atoms with Crippen molar-refractivity contribution in [2.45, 2.75) is 31.3 Å². The van der Waals surface area contributed by atoms with E-state index in [0.717, 1.165) is 46.7 Å². The summed E-state index contributed by atoms with van der Waals surface area (Å²) in [4.78, 5) is 28.5. The summed E-state index contributed by atoms with van der Waals surface area (Å²) >= 11 is 3.52. The predicted octanol–water partition coefficient (Wildman–Crippen LogP) is 3.71. The molecule has 0 bridgehead atoms. The Hall–Kier alpha value is -3.20. The molecule has 2 atom stereocenters. The predicted molar refractivity (Wildman–Crippen MR) is 120 cm³/mol. The third-order valence-electron chi connectivity index (χ3n) is 5.32. The van der Waals surface area contributed by atoms with Crippen LogP contribution in [0.4, 0.5) is 11.8 Å². The number of anilines is 2. The van der Waals surface area contributed by atoms with Crippen molar-refractivity contribution < 1.29 is 0 Å². The molecule has 4 heterocycles. The van der Waals surface area contributed by atoms with Crippen LogP contribution in [-0.2, 0) is 0 Å². The Morgan fingerprint density at radius 2 is 1.93 bits per heavy atom. The number of fused-ring (bicyclic) bond motifs is 1. The van der Waals surface area contributed by atoms with Crippen molar-refractivity contribution in [3.05, 3.63) is 69.8 Å². The molecule has 9 heteroatoms. The van der Waals surface area contributed by atoms with Gasteiger partial charge in [0.05, 0.1) is 11.9 Å². The average Bonchev–Trinajstić information content (AvgIpc) is 3.36. The molecule has 1 saturated carbocycles. The number of H-pyrrole nitrogens is 1. The largest absolute Gasteiger partial charge is 0.367 e. The molecule has 0 amide bonds. The zero-order valence-electron chi connectivity index (χ0n) is 16.0. The number of pyridine rings is 3. The monoisotopic (exact) mass is 465 g/mol. The molecule has 0 aromatic carbocycles. The van der Waals surface area contributed by atoms with E-state index in [1.54, 1.807) is 29.2 Å². The first kappa shape index (κ1) is 18.8. The normalized spacial score (nSPS) is 18.6. The summed E-state index contributed by atoms with van der Waals surface area (Å²) in [5.41, 5.74) is 2.27. The standard InChI is InChI=1S/C21H20BrN7O/c22-16-8-9-23-20-19(16)27-21(28-20)26-14-5-4-13(11-14)25-17-7-6-15(12-24-17)29-10-2-1-3-18(29)30/h1-3,6-10,12-14H,4-5,11H2,(H,24,25)(H2,23,26,27,28)/t13-,14-/m0/s1. The maximum atomic E-state index is 11.9. The van der Waals surface area contributed by atoms with Gasteiger partial charge in [0.25, 0.3) is 5.56 Å². The molecule has 0 unspecified atom stereocenters. The summed E-state index contributed by atoms with van der Waals surface area (Å²) in [7, 11) is 0. The highest BCUT2D eigenvalue weighted by Gasteiger charge is 2.25. The molecule has 0 saturated heterocycles. The van der Waals surface area contributed by atoms with Gasteiger partial charge < -0.3 is 15.6 Å². The summed E-state index contributed by atoms with van der Waals surface area (Å²) < 4.78 is 2.53. The topological polar surface area (TPSA) is 101 Å². The highest BCUT2D eigenvalue weighted by Crippen LogP contribution is 2.27. The molecule has 0 aliphatic heterocycles. The molecule has 1 aliphatic rings. The number of aromatic nitrogens is 5. The highest BCUT2D eigenvalue weighted by molar-refractivity contribution is 9.10. The minimum absolute atomic E-state index is 0.0717. The van der Waals surface area contributed by atoms with Gasteiger partial charge in [0, 0.05) is 35.0 Å². The van der Waals surface area contributed by atoms with Gasteiger partial charge in [-0.3, -0.25) is 9.36 Å². The lowest BCUT2D eigenvalue weighted by atomic mass is 10.2. The maximum Gasteiger partial charge on any atom is 0.255 e. The van der Waals surface area contributed by atoms with Gasteiger partial charge in [-0.25, -0.2) is 9.97 Å². The van der Waals surface area contributed by atoms with E-state index >= 15 is 0 Å². The maximum absolute atomic E-state index is 11.9. The molecule has 0 radical (unpaired) electrons. The number of aromatic amines is 1. The van der Waals surface area contributed by atoms with E-state index in [1.165, 1.54) is 6.07 Å². The molecule has 152 valence electrons. The van der Waals surface area contributed by atoms with E-state index in [2.05, 4.69) is 46.5 Å². The van der Waals surface area contributed by atoms with E-state index in [0.29, 0.717) is 17.7 Å². The minimum atomic E-state index is -0.0717. The fourth-order valence-electron chi connectivity index (χ4n) is 3.85. The molecule has 8 nitrogen and oxygen atoms in total. The van der Waals surface area contributed by atoms with E-state index in [9.17, 15) is 4.79 Å². The fourth-order valence-corrected chi connectivity index (χ4v) is 4.24. The zero-order chi connectivity index (χ0) is 20.5. The molecule has 4 aromatic heterocycles. The van der Waals surface area contributed by atoms with Crippen LogP contribution in [-0.4, -0.2) is 36.6 Å². The first-order chi connectivity index (χ1) is 14.7. The van der Waals surface area contributed by atoms with Crippen LogP contribution in [0.5, 0.6) is 0 Å². The molecular weight excluding hydrogens is 446 g/mol. The van der Waals surface area contributed by atoms with Gasteiger partial charge in [0.2, 0.25) is 5.95 Å². The third kappa shape index (κ3) is 3.80. The Bertz CT molecular complexity index is 1230. The number of halogens is 1. The van der Waals surface area contributed by atoms with Gasteiger partial charge in [0.15, 0.2) is 5.65 Å². The quantitative estimate of drug-likeness (QED) is 0.415. The van der Waals surface area contributed by atoms with Crippen LogP contribution < -0.4 is 16.2 Å². The second-order valence-electron chi connectivity index (χ2n) is 7.38. The fraction of sp³-hybridized carbons (Fsp3) is 0.238. The van der Waals surface area contributed by atoms with Crippen molar-refractivity contribution >= 4 is 38.9 Å². The molecule has 1 fully saturated rings. The summed E-state index contributed by atoms with van der Waals surface area (Å²) in [6.45, 7) is 0. The minimum Gasteiger partial charge on any atom is -0.367 e. The van der Waals surface area contributed by atoms with Crippen molar-refractivity contribution in [2.75, 3.05) is 10.6 Å². The van der Waals surface area contributed by atoms with E-state index < -0.39 is 0 Å². The van der Waals surface area contributed by atoms with Crippen LogP contribution in [0.1, 0.15) is 19.3 Å². The Kier molecular flexibility index (Phi) is 4.96. The van der Waals surface area contributed by atoms with Crippen LogP contribution in [0.25, 0.3) is 16.9 Å². The van der Waals surface area contributed by atoms with Crippen molar-refractivity contribution in [2.24, 2.45) is 0 Å². The summed E-state index contributed by atoms with van der Waals surface area (Å²) in [5, 5.41) is 6.98. The summed E-state index contributed by atoms with van der Waals surface area (Å²) in [6.07, 6.45) is 8.24. The van der Waals surface area contributed by atoms with Crippen molar-refractivity contribution in [3.63, 3.8) is 0 Å². The number of hydrogen-bond donors (Lipinski definition) is 3. The van der Waals surface area contributed by atoms with Gasteiger partial charge in [-0.15, -0.1) is 0 Å². The van der Waals surface area contributed by atoms with Crippen LogP contribution in [0.2, 0.25) is 0 Å². The number of nitrogens with zero attached hydrogens (tertiary/aromatic N) is 4. The Labute approximate surface area is 180 Å². The Balaban J connectivity index is 1.21. The molecule has 30 heavy (non-hydrogen) atoms. The third-order valence-corrected chi connectivity index (χ3v) is 5.98. The van der Waals surface area contributed by atoms with Gasteiger partial charge in [-0.1, -0.05) is 6.07 Å². The van der Waals surface area contributed by atoms with Crippen molar-refractivity contribution in [1.82, 2.24) is 24.5 Å². The van der Waals surface area contributed by atoms with Crippen LogP contribution in [0.15, 0.2) is 64.3 Å². The second kappa shape index (κ2) is 7.91. The molecule has 5 rings (SSSR count). The number of rotatable bonds is 5. The zero-order valence-corrected chi connectivity index (χ0v) is 17.6. The smallest absolute Gasteiger partial charge is 0.255 e. The van der Waals surface area contributed by atoms with Gasteiger partial charge in [-0.2, -0.15) is 4.98 Å². The first-order valence-electron chi connectivity index (χ1n) is 9.83. The number of imidazole rings is 1. The van der Waals surface area contributed by atoms with Crippen molar-refractivity contribution in [1.29, 1.82) is 0 Å². The van der Waals surface area contributed by atoms with E-state index in [1.807, 2.05) is 24.3 Å². The number of nitrogens with one attached hydrogen (secondary N) is 3. The average molecular weight is 466 g/mol.